The number of hydrogen-bond donors (Lipinski definition) is 3. The molecule has 0 atom stereocenters. The smallest absolute Gasteiger partial charge is 0.475 e. The molecule has 0 fully saturated rings. The molecular formula is C9H10F3N5O3. The predicted octanol–water partition coefficient (Wildman–Crippen LogP) is 0.967. The van der Waals surface area contributed by atoms with Crippen LogP contribution in [0, 0.1) is 0 Å². The number of alkyl halides is 3. The van der Waals surface area contributed by atoms with Crippen molar-refractivity contribution in [1.29, 1.82) is 0 Å². The summed E-state index contributed by atoms with van der Waals surface area (Å²) in [5.74, 6) is -2.40. The Balaban J connectivity index is 0.000000246. The second kappa shape index (κ2) is 6.04. The molecule has 0 saturated heterocycles. The molecule has 2 rings (SSSR count). The van der Waals surface area contributed by atoms with E-state index in [9.17, 15) is 13.2 Å². The van der Waals surface area contributed by atoms with Crippen LogP contribution in [0.25, 0.3) is 11.2 Å². The predicted molar refractivity (Wildman–Crippen MR) is 61.0 cm³/mol. The zero-order valence-corrected chi connectivity index (χ0v) is 10.1. The standard InChI is InChI=1S/C7H9N5O.C2HF3O2/c1-2-13-7-11-5(8)4-6(12-7)10-3-9-4;3-2(4,5)1(6)7/h3H,2H2,1H3,(H3,8,9,10,11,12);(H,6,7). The first kappa shape index (κ1) is 15.5. The summed E-state index contributed by atoms with van der Waals surface area (Å²) < 4.78 is 36.8. The number of ether oxygens (including phenoxy) is 1. The Labute approximate surface area is 109 Å². The first-order valence-electron chi connectivity index (χ1n) is 5.15. The number of imidazole rings is 1. The van der Waals surface area contributed by atoms with E-state index in [-0.39, 0.29) is 6.01 Å². The number of nitrogens with two attached hydrogens (primary N) is 1. The summed E-state index contributed by atoms with van der Waals surface area (Å²) >= 11 is 0. The number of carbonyl (C=O) groups is 1. The van der Waals surface area contributed by atoms with Gasteiger partial charge in [0.2, 0.25) is 0 Å². The van der Waals surface area contributed by atoms with E-state index in [0.717, 1.165) is 0 Å². The van der Waals surface area contributed by atoms with E-state index < -0.39 is 12.1 Å². The van der Waals surface area contributed by atoms with Gasteiger partial charge in [0.1, 0.15) is 5.52 Å². The van der Waals surface area contributed by atoms with Gasteiger partial charge in [-0.2, -0.15) is 23.1 Å². The summed E-state index contributed by atoms with van der Waals surface area (Å²) in [5.41, 5.74) is 6.80. The van der Waals surface area contributed by atoms with Crippen LogP contribution in [0.5, 0.6) is 6.01 Å². The van der Waals surface area contributed by atoms with Gasteiger partial charge in [-0.3, -0.25) is 0 Å². The highest BCUT2D eigenvalue weighted by Gasteiger charge is 2.38. The lowest BCUT2D eigenvalue weighted by Crippen LogP contribution is -2.21. The van der Waals surface area contributed by atoms with Gasteiger partial charge in [0, 0.05) is 0 Å². The van der Waals surface area contributed by atoms with Crippen molar-refractivity contribution in [2.45, 2.75) is 13.1 Å². The van der Waals surface area contributed by atoms with Crippen LogP contribution in [0.2, 0.25) is 0 Å². The summed E-state index contributed by atoms with van der Waals surface area (Å²) in [6.45, 7) is 2.36. The highest BCUT2D eigenvalue weighted by molar-refractivity contribution is 5.81. The number of rotatable bonds is 2. The molecule has 0 radical (unpaired) electrons. The molecule has 2 aromatic heterocycles. The summed E-state index contributed by atoms with van der Waals surface area (Å²) in [7, 11) is 0. The molecular weight excluding hydrogens is 283 g/mol. The Bertz CT molecular complexity index is 598. The van der Waals surface area contributed by atoms with Crippen molar-refractivity contribution < 1.29 is 27.8 Å². The van der Waals surface area contributed by atoms with Crippen molar-refractivity contribution in [2.24, 2.45) is 0 Å². The molecule has 2 aromatic rings. The molecule has 11 heteroatoms. The maximum absolute atomic E-state index is 10.6. The number of nitrogens with zero attached hydrogens (tertiary/aromatic N) is 3. The highest BCUT2D eigenvalue weighted by atomic mass is 19.4. The van der Waals surface area contributed by atoms with Crippen molar-refractivity contribution >= 4 is 23.0 Å². The third-order valence-corrected chi connectivity index (χ3v) is 1.81. The molecule has 8 nitrogen and oxygen atoms in total. The SMILES string of the molecule is CCOc1nc(N)c2[nH]cnc2n1.O=C(O)C(F)(F)F. The molecule has 0 spiro atoms. The Morgan fingerprint density at radius 3 is 2.60 bits per heavy atom. The lowest BCUT2D eigenvalue weighted by molar-refractivity contribution is -0.192. The Morgan fingerprint density at radius 2 is 2.10 bits per heavy atom. The van der Waals surface area contributed by atoms with E-state index in [0.29, 0.717) is 23.6 Å². The molecule has 0 bridgehead atoms. The topological polar surface area (TPSA) is 127 Å². The molecule has 2 heterocycles. The van der Waals surface area contributed by atoms with Crippen LogP contribution in [0.4, 0.5) is 19.0 Å². The molecule has 0 unspecified atom stereocenters. The van der Waals surface area contributed by atoms with E-state index in [1.165, 1.54) is 6.33 Å². The molecule has 0 aliphatic rings. The van der Waals surface area contributed by atoms with Crippen LogP contribution in [-0.4, -0.2) is 43.8 Å². The summed E-state index contributed by atoms with van der Waals surface area (Å²) in [4.78, 5) is 23.7. The Morgan fingerprint density at radius 1 is 1.50 bits per heavy atom. The number of hydrogen-bond acceptors (Lipinski definition) is 6. The Kier molecular flexibility index (Phi) is 4.67. The summed E-state index contributed by atoms with van der Waals surface area (Å²) in [6, 6.07) is 0.264. The molecule has 0 saturated carbocycles. The molecule has 4 N–H and O–H groups in total. The minimum Gasteiger partial charge on any atom is -0.475 e. The molecule has 0 amide bonds. The number of nitrogen functional groups attached to an aromatic ring is 1. The minimum absolute atomic E-state index is 0.264. The normalized spacial score (nSPS) is 10.8. The fourth-order valence-electron chi connectivity index (χ4n) is 1.03. The summed E-state index contributed by atoms with van der Waals surface area (Å²) in [6.07, 6.45) is -3.56. The van der Waals surface area contributed by atoms with Crippen LogP contribution in [-0.2, 0) is 4.79 Å². The number of aromatic nitrogens is 4. The van der Waals surface area contributed by atoms with Crippen LogP contribution in [0.1, 0.15) is 6.92 Å². The second-order valence-corrected chi connectivity index (χ2v) is 3.23. The number of halogens is 3. The van der Waals surface area contributed by atoms with Gasteiger partial charge in [-0.1, -0.05) is 0 Å². The van der Waals surface area contributed by atoms with Crippen molar-refractivity contribution in [3.63, 3.8) is 0 Å². The first-order valence-corrected chi connectivity index (χ1v) is 5.15. The number of carboxylic acids is 1. The maximum Gasteiger partial charge on any atom is 0.490 e. The van der Waals surface area contributed by atoms with Crippen LogP contribution in [0.15, 0.2) is 6.33 Å². The van der Waals surface area contributed by atoms with Gasteiger partial charge in [-0.05, 0) is 6.92 Å². The molecule has 110 valence electrons. The number of aromatic amines is 1. The van der Waals surface area contributed by atoms with Crippen molar-refractivity contribution in [3.05, 3.63) is 6.33 Å². The number of anilines is 1. The van der Waals surface area contributed by atoms with E-state index >= 15 is 0 Å². The monoisotopic (exact) mass is 293 g/mol. The van der Waals surface area contributed by atoms with Crippen LogP contribution >= 0.6 is 0 Å². The number of carboxylic acid groups (broad SMARTS) is 1. The van der Waals surface area contributed by atoms with Crippen molar-refractivity contribution in [2.75, 3.05) is 12.3 Å². The van der Waals surface area contributed by atoms with Gasteiger partial charge in [-0.15, -0.1) is 0 Å². The van der Waals surface area contributed by atoms with Gasteiger partial charge in [0.15, 0.2) is 11.5 Å². The van der Waals surface area contributed by atoms with E-state index in [4.69, 9.17) is 20.4 Å². The fourth-order valence-corrected chi connectivity index (χ4v) is 1.03. The third kappa shape index (κ3) is 3.96. The van der Waals surface area contributed by atoms with E-state index in [1.807, 2.05) is 6.92 Å². The average molecular weight is 293 g/mol. The summed E-state index contributed by atoms with van der Waals surface area (Å²) in [5, 5.41) is 7.12. The molecule has 0 aliphatic carbocycles. The number of nitrogens with one attached hydrogen (secondary N) is 1. The van der Waals surface area contributed by atoms with Gasteiger partial charge in [0.25, 0.3) is 0 Å². The molecule has 0 aliphatic heterocycles. The fraction of sp³-hybridized carbons (Fsp3) is 0.333. The molecule has 0 aromatic carbocycles. The van der Waals surface area contributed by atoms with Crippen LogP contribution in [0.3, 0.4) is 0 Å². The lowest BCUT2D eigenvalue weighted by atomic mass is 10.5. The average Bonchev–Trinajstić information content (AvgIpc) is 2.77. The van der Waals surface area contributed by atoms with Gasteiger partial charge >= 0.3 is 18.2 Å². The van der Waals surface area contributed by atoms with Crippen molar-refractivity contribution in [1.82, 2.24) is 19.9 Å². The maximum atomic E-state index is 10.6. The zero-order chi connectivity index (χ0) is 15.3. The largest absolute Gasteiger partial charge is 0.490 e. The molecule has 20 heavy (non-hydrogen) atoms. The van der Waals surface area contributed by atoms with Crippen molar-refractivity contribution in [3.8, 4) is 6.01 Å². The minimum atomic E-state index is -5.08. The van der Waals surface area contributed by atoms with E-state index in [1.54, 1.807) is 0 Å². The van der Waals surface area contributed by atoms with E-state index in [2.05, 4.69) is 19.9 Å². The second-order valence-electron chi connectivity index (χ2n) is 3.23. The Hall–Kier alpha value is -2.59. The highest BCUT2D eigenvalue weighted by Crippen LogP contribution is 2.16. The third-order valence-electron chi connectivity index (χ3n) is 1.81. The van der Waals surface area contributed by atoms with Crippen LogP contribution < -0.4 is 10.5 Å². The number of H-pyrrole nitrogens is 1. The zero-order valence-electron chi connectivity index (χ0n) is 10.1. The van der Waals surface area contributed by atoms with Gasteiger partial charge in [0.05, 0.1) is 12.9 Å². The number of aliphatic carboxylic acids is 1. The number of fused-ring (bicyclic) bond motifs is 1. The quantitative estimate of drug-likeness (QED) is 0.752. The first-order chi connectivity index (χ1) is 9.25. The van der Waals surface area contributed by atoms with Gasteiger partial charge in [-0.25, -0.2) is 9.78 Å². The lowest BCUT2D eigenvalue weighted by Gasteiger charge is -2.00. The van der Waals surface area contributed by atoms with Gasteiger partial charge < -0.3 is 20.6 Å².